The molecule has 4 aromatic rings. The predicted molar refractivity (Wildman–Crippen MR) is 123 cm³/mol. The summed E-state index contributed by atoms with van der Waals surface area (Å²) < 4.78 is 2.21. The van der Waals surface area contributed by atoms with Crippen molar-refractivity contribution in [3.05, 3.63) is 113 Å². The summed E-state index contributed by atoms with van der Waals surface area (Å²) in [5.41, 5.74) is 7.39. The Balaban J connectivity index is 1.79. The van der Waals surface area contributed by atoms with Gasteiger partial charge in [-0.2, -0.15) is 0 Å². The van der Waals surface area contributed by atoms with Crippen molar-refractivity contribution in [2.24, 2.45) is 0 Å². The minimum Gasteiger partial charge on any atom is -0.343 e. The third kappa shape index (κ3) is 2.78. The number of aryl methyl sites for hydroxylation is 2. The number of para-hydroxylation sites is 1. The van der Waals surface area contributed by atoms with E-state index in [-0.39, 0.29) is 11.9 Å². The second-order valence-corrected chi connectivity index (χ2v) is 8.05. The van der Waals surface area contributed by atoms with E-state index in [2.05, 4.69) is 79.7 Å². The smallest absolute Gasteiger partial charge is 0.259 e. The summed E-state index contributed by atoms with van der Waals surface area (Å²) in [4.78, 5) is 15.5. The summed E-state index contributed by atoms with van der Waals surface area (Å²) in [7, 11) is 0. The van der Waals surface area contributed by atoms with Crippen LogP contribution in [0.3, 0.4) is 0 Å². The van der Waals surface area contributed by atoms with Crippen LogP contribution in [-0.4, -0.2) is 10.5 Å². The molecule has 30 heavy (non-hydrogen) atoms. The Labute approximate surface area is 176 Å². The Bertz CT molecular complexity index is 1280. The van der Waals surface area contributed by atoms with Gasteiger partial charge >= 0.3 is 0 Å². The van der Waals surface area contributed by atoms with Gasteiger partial charge < -0.3 is 4.57 Å². The van der Waals surface area contributed by atoms with Gasteiger partial charge in [0, 0.05) is 40.5 Å². The number of allylic oxidation sites excluding steroid dienone is 1. The van der Waals surface area contributed by atoms with Crippen molar-refractivity contribution in [1.29, 1.82) is 0 Å². The van der Waals surface area contributed by atoms with Crippen LogP contribution in [0.25, 0.3) is 10.9 Å². The van der Waals surface area contributed by atoms with Gasteiger partial charge in [-0.15, -0.1) is 6.58 Å². The number of anilines is 1. The lowest BCUT2D eigenvalue weighted by molar-refractivity contribution is 0.0993. The Morgan fingerprint density at radius 2 is 1.63 bits per heavy atom. The van der Waals surface area contributed by atoms with Crippen LogP contribution < -0.4 is 4.90 Å². The molecule has 0 aliphatic carbocycles. The molecule has 3 heteroatoms. The van der Waals surface area contributed by atoms with E-state index in [0.717, 1.165) is 45.6 Å². The summed E-state index contributed by atoms with van der Waals surface area (Å²) in [5.74, 6) is 0.0566. The van der Waals surface area contributed by atoms with Gasteiger partial charge in [-0.3, -0.25) is 9.69 Å². The first-order chi connectivity index (χ1) is 14.6. The van der Waals surface area contributed by atoms with Crippen LogP contribution in [0.15, 0.2) is 85.6 Å². The van der Waals surface area contributed by atoms with Crippen LogP contribution in [-0.2, 0) is 6.54 Å². The topological polar surface area (TPSA) is 25.2 Å². The van der Waals surface area contributed by atoms with E-state index >= 15 is 0 Å². The van der Waals surface area contributed by atoms with Gasteiger partial charge in [0.1, 0.15) is 0 Å². The number of amides is 1. The second kappa shape index (κ2) is 7.03. The molecule has 0 saturated carbocycles. The van der Waals surface area contributed by atoms with Crippen LogP contribution in [0, 0.1) is 13.8 Å². The average Bonchev–Trinajstić information content (AvgIpc) is 3.23. The maximum absolute atomic E-state index is 13.6. The largest absolute Gasteiger partial charge is 0.343 e. The van der Waals surface area contributed by atoms with Crippen molar-refractivity contribution in [3.8, 4) is 0 Å². The van der Waals surface area contributed by atoms with Gasteiger partial charge in [0.2, 0.25) is 0 Å². The standard InChI is InChI=1S/C27H24N2O/c1-4-13-28-17-24(21-9-7-8-12-25(21)28)26-22-10-5-6-11-23(22)27(30)29(26)20-15-18(2)14-19(3)16-20/h4-12,14-17,26H,1,13H2,2-3H3. The molecular formula is C27H24N2O. The first-order valence-electron chi connectivity index (χ1n) is 10.3. The van der Waals surface area contributed by atoms with E-state index in [9.17, 15) is 4.79 Å². The summed E-state index contributed by atoms with van der Waals surface area (Å²) in [5, 5.41) is 1.17. The molecule has 0 radical (unpaired) electrons. The van der Waals surface area contributed by atoms with Gasteiger partial charge in [-0.05, 0) is 54.8 Å². The van der Waals surface area contributed by atoms with E-state index in [4.69, 9.17) is 0 Å². The number of carbonyl (C=O) groups is 1. The molecule has 3 aromatic carbocycles. The lowest BCUT2D eigenvalue weighted by Crippen LogP contribution is -2.28. The lowest BCUT2D eigenvalue weighted by Gasteiger charge is -2.26. The zero-order valence-electron chi connectivity index (χ0n) is 17.3. The van der Waals surface area contributed by atoms with Crippen molar-refractivity contribution in [1.82, 2.24) is 4.57 Å². The van der Waals surface area contributed by atoms with E-state index in [1.54, 1.807) is 0 Å². The summed E-state index contributed by atoms with van der Waals surface area (Å²) in [6, 6.07) is 22.6. The van der Waals surface area contributed by atoms with E-state index in [1.807, 2.05) is 29.2 Å². The monoisotopic (exact) mass is 392 g/mol. The quantitative estimate of drug-likeness (QED) is 0.380. The van der Waals surface area contributed by atoms with Crippen molar-refractivity contribution in [2.75, 3.05) is 4.90 Å². The number of hydrogen-bond acceptors (Lipinski definition) is 1. The Hall–Kier alpha value is -3.59. The van der Waals surface area contributed by atoms with Crippen LogP contribution in [0.4, 0.5) is 5.69 Å². The molecule has 1 aliphatic heterocycles. The van der Waals surface area contributed by atoms with Crippen LogP contribution in [0.1, 0.15) is 38.7 Å². The van der Waals surface area contributed by atoms with Gasteiger partial charge in [-0.1, -0.05) is 48.5 Å². The molecule has 1 atom stereocenters. The number of rotatable bonds is 4. The fourth-order valence-corrected chi connectivity index (χ4v) is 4.76. The molecule has 0 N–H and O–H groups in total. The number of aromatic nitrogens is 1. The Kier molecular flexibility index (Phi) is 4.32. The Morgan fingerprint density at radius 3 is 2.40 bits per heavy atom. The highest BCUT2D eigenvalue weighted by Gasteiger charge is 2.39. The van der Waals surface area contributed by atoms with Gasteiger partial charge in [-0.25, -0.2) is 0 Å². The zero-order valence-corrected chi connectivity index (χ0v) is 17.3. The first kappa shape index (κ1) is 18.4. The molecule has 2 heterocycles. The highest BCUT2D eigenvalue weighted by Crippen LogP contribution is 2.44. The number of fused-ring (bicyclic) bond motifs is 2. The predicted octanol–water partition coefficient (Wildman–Crippen LogP) is 6.19. The number of hydrogen-bond donors (Lipinski definition) is 0. The van der Waals surface area contributed by atoms with Gasteiger partial charge in [0.05, 0.1) is 6.04 Å². The molecule has 1 unspecified atom stereocenters. The first-order valence-corrected chi connectivity index (χ1v) is 10.3. The molecule has 148 valence electrons. The number of benzene rings is 3. The molecular weight excluding hydrogens is 368 g/mol. The maximum Gasteiger partial charge on any atom is 0.259 e. The highest BCUT2D eigenvalue weighted by atomic mass is 16.2. The Morgan fingerprint density at radius 1 is 0.933 bits per heavy atom. The molecule has 1 aromatic heterocycles. The van der Waals surface area contributed by atoms with Gasteiger partial charge in [0.15, 0.2) is 0 Å². The average molecular weight is 393 g/mol. The minimum atomic E-state index is -0.161. The molecule has 0 spiro atoms. The van der Waals surface area contributed by atoms with Crippen LogP contribution in [0.2, 0.25) is 0 Å². The van der Waals surface area contributed by atoms with Gasteiger partial charge in [0.25, 0.3) is 5.91 Å². The summed E-state index contributed by atoms with van der Waals surface area (Å²) in [6.07, 6.45) is 4.09. The van der Waals surface area contributed by atoms with Crippen molar-refractivity contribution in [2.45, 2.75) is 26.4 Å². The molecule has 3 nitrogen and oxygen atoms in total. The van der Waals surface area contributed by atoms with Crippen molar-refractivity contribution in [3.63, 3.8) is 0 Å². The SMILES string of the molecule is C=CCn1cc(C2c3ccccc3C(=O)N2c2cc(C)cc(C)c2)c2ccccc21. The number of nitrogens with zero attached hydrogens (tertiary/aromatic N) is 2. The van der Waals surface area contributed by atoms with E-state index in [1.165, 1.54) is 5.39 Å². The molecule has 1 amide bonds. The second-order valence-electron chi connectivity index (χ2n) is 8.05. The number of carbonyl (C=O) groups excluding carboxylic acids is 1. The third-order valence-corrected chi connectivity index (χ3v) is 5.89. The molecule has 0 fully saturated rings. The fraction of sp³-hybridized carbons (Fsp3) is 0.148. The highest BCUT2D eigenvalue weighted by molar-refractivity contribution is 6.12. The van der Waals surface area contributed by atoms with Crippen molar-refractivity contribution < 1.29 is 4.79 Å². The molecule has 5 rings (SSSR count). The zero-order chi connectivity index (χ0) is 20.8. The normalized spacial score (nSPS) is 15.6. The third-order valence-electron chi connectivity index (χ3n) is 5.89. The van der Waals surface area contributed by atoms with Crippen LogP contribution >= 0.6 is 0 Å². The summed E-state index contributed by atoms with van der Waals surface area (Å²) in [6.45, 7) is 8.80. The molecule has 0 saturated heterocycles. The van der Waals surface area contributed by atoms with E-state index < -0.39 is 0 Å². The molecule has 1 aliphatic rings. The van der Waals surface area contributed by atoms with Crippen molar-refractivity contribution >= 4 is 22.5 Å². The lowest BCUT2D eigenvalue weighted by atomic mass is 9.97. The van der Waals surface area contributed by atoms with Crippen LogP contribution in [0.5, 0.6) is 0 Å². The minimum absolute atomic E-state index is 0.0566. The van der Waals surface area contributed by atoms with E-state index in [0.29, 0.717) is 0 Å². The fourth-order valence-electron chi connectivity index (χ4n) is 4.76. The maximum atomic E-state index is 13.6. The summed E-state index contributed by atoms with van der Waals surface area (Å²) >= 11 is 0. The molecule has 0 bridgehead atoms.